The van der Waals surface area contributed by atoms with Crippen molar-refractivity contribution in [3.63, 3.8) is 0 Å². The predicted molar refractivity (Wildman–Crippen MR) is 125 cm³/mol. The molecule has 0 fully saturated rings. The van der Waals surface area contributed by atoms with Crippen LogP contribution >= 0.6 is 11.6 Å². The molecule has 10 heteroatoms. The van der Waals surface area contributed by atoms with Gasteiger partial charge in [0.15, 0.2) is 0 Å². The molecule has 3 rings (SSSR count). The number of hydrogen-bond acceptors (Lipinski definition) is 4. The molecule has 0 aliphatic carbocycles. The molecule has 2 N–H and O–H groups in total. The van der Waals surface area contributed by atoms with Crippen LogP contribution in [0.3, 0.4) is 0 Å². The zero-order valence-electron chi connectivity index (χ0n) is 17.8. The lowest BCUT2D eigenvalue weighted by Gasteiger charge is -2.17. The molecule has 0 radical (unpaired) electrons. The number of benzene rings is 3. The first kappa shape index (κ1) is 24.2. The molecule has 33 heavy (non-hydrogen) atoms. The van der Waals surface area contributed by atoms with Crippen molar-refractivity contribution in [1.82, 2.24) is 4.90 Å². The van der Waals surface area contributed by atoms with E-state index in [2.05, 4.69) is 10.0 Å². The molecule has 0 aliphatic heterocycles. The third kappa shape index (κ3) is 6.30. The van der Waals surface area contributed by atoms with Crippen molar-refractivity contribution in [2.45, 2.75) is 11.8 Å². The number of likely N-dealkylation sites (N-methyl/N-ethyl adjacent to an activating group) is 1. The standard InChI is InChI=1S/C23H21ClFN3O4S/c1-15-12-20(10-11-21(15)25)33(31,32)27-18-8-6-16(7-9-18)23(30)28(2)14-22(29)26-19-5-3-4-17(24)13-19/h3-13,27H,14H2,1-2H3,(H,26,29). The molecule has 0 saturated heterocycles. The summed E-state index contributed by atoms with van der Waals surface area (Å²) in [5.41, 5.74) is 1.23. The van der Waals surface area contributed by atoms with Gasteiger partial charge in [0.1, 0.15) is 5.82 Å². The fourth-order valence-corrected chi connectivity index (χ4v) is 4.29. The summed E-state index contributed by atoms with van der Waals surface area (Å²) in [5, 5.41) is 3.13. The maximum Gasteiger partial charge on any atom is 0.261 e. The largest absolute Gasteiger partial charge is 0.332 e. The van der Waals surface area contributed by atoms with Crippen LogP contribution in [0.25, 0.3) is 0 Å². The van der Waals surface area contributed by atoms with Gasteiger partial charge in [-0.1, -0.05) is 17.7 Å². The second kappa shape index (κ2) is 10.0. The Morgan fingerprint density at radius 1 is 1.00 bits per heavy atom. The molecular weight excluding hydrogens is 469 g/mol. The zero-order valence-corrected chi connectivity index (χ0v) is 19.4. The number of carbonyl (C=O) groups excluding carboxylic acids is 2. The minimum absolute atomic E-state index is 0.0768. The Morgan fingerprint density at radius 3 is 2.33 bits per heavy atom. The summed E-state index contributed by atoms with van der Waals surface area (Å²) in [7, 11) is -2.45. The van der Waals surface area contributed by atoms with E-state index in [4.69, 9.17) is 11.6 Å². The molecule has 0 spiro atoms. The van der Waals surface area contributed by atoms with Crippen LogP contribution < -0.4 is 10.0 Å². The van der Waals surface area contributed by atoms with Crippen LogP contribution in [-0.4, -0.2) is 38.7 Å². The maximum absolute atomic E-state index is 13.4. The second-order valence-electron chi connectivity index (χ2n) is 7.31. The van der Waals surface area contributed by atoms with Gasteiger partial charge in [-0.25, -0.2) is 12.8 Å². The number of hydrogen-bond donors (Lipinski definition) is 2. The van der Waals surface area contributed by atoms with Gasteiger partial charge in [-0.3, -0.25) is 14.3 Å². The van der Waals surface area contributed by atoms with Crippen LogP contribution in [0.2, 0.25) is 5.02 Å². The van der Waals surface area contributed by atoms with Gasteiger partial charge in [-0.15, -0.1) is 0 Å². The fraction of sp³-hybridized carbons (Fsp3) is 0.130. The number of nitrogens with one attached hydrogen (secondary N) is 2. The first-order chi connectivity index (χ1) is 15.5. The minimum Gasteiger partial charge on any atom is -0.332 e. The van der Waals surface area contributed by atoms with Gasteiger partial charge in [0, 0.05) is 29.0 Å². The van der Waals surface area contributed by atoms with Crippen molar-refractivity contribution < 1.29 is 22.4 Å². The number of carbonyl (C=O) groups is 2. The molecule has 0 heterocycles. The zero-order chi connectivity index (χ0) is 24.2. The van der Waals surface area contributed by atoms with E-state index in [1.54, 1.807) is 24.3 Å². The molecule has 2 amide bonds. The molecule has 0 aromatic heterocycles. The first-order valence-corrected chi connectivity index (χ1v) is 11.6. The number of anilines is 2. The van der Waals surface area contributed by atoms with E-state index in [0.29, 0.717) is 10.7 Å². The maximum atomic E-state index is 13.4. The number of aryl methyl sites for hydroxylation is 1. The van der Waals surface area contributed by atoms with E-state index in [-0.39, 0.29) is 28.3 Å². The van der Waals surface area contributed by atoms with Crippen molar-refractivity contribution in [3.05, 3.63) is 88.7 Å². The number of nitrogens with zero attached hydrogens (tertiary/aromatic N) is 1. The normalized spacial score (nSPS) is 11.0. The van der Waals surface area contributed by atoms with Gasteiger partial charge in [0.2, 0.25) is 5.91 Å². The number of halogens is 2. The third-order valence-corrected chi connectivity index (χ3v) is 6.27. The SMILES string of the molecule is Cc1cc(S(=O)(=O)Nc2ccc(C(=O)N(C)CC(=O)Nc3cccc(Cl)c3)cc2)ccc1F. The van der Waals surface area contributed by atoms with Crippen LogP contribution in [0.5, 0.6) is 0 Å². The van der Waals surface area contributed by atoms with Crippen LogP contribution in [0, 0.1) is 12.7 Å². The topological polar surface area (TPSA) is 95.6 Å². The minimum atomic E-state index is -3.93. The molecule has 3 aromatic carbocycles. The average Bonchev–Trinajstić information content (AvgIpc) is 2.75. The number of sulfonamides is 1. The van der Waals surface area contributed by atoms with E-state index in [1.807, 2.05) is 0 Å². The van der Waals surface area contributed by atoms with Crippen molar-refractivity contribution in [2.24, 2.45) is 0 Å². The molecular formula is C23H21ClFN3O4S. The Bertz CT molecular complexity index is 1300. The van der Waals surface area contributed by atoms with Crippen LogP contribution in [0.4, 0.5) is 15.8 Å². The van der Waals surface area contributed by atoms with E-state index in [0.717, 1.165) is 6.07 Å². The van der Waals surface area contributed by atoms with Gasteiger partial charge >= 0.3 is 0 Å². The van der Waals surface area contributed by atoms with E-state index >= 15 is 0 Å². The highest BCUT2D eigenvalue weighted by Crippen LogP contribution is 2.20. The summed E-state index contributed by atoms with van der Waals surface area (Å²) in [6, 6.07) is 15.9. The van der Waals surface area contributed by atoms with Gasteiger partial charge in [0.25, 0.3) is 15.9 Å². The number of rotatable bonds is 7. The van der Waals surface area contributed by atoms with Crippen molar-refractivity contribution in [3.8, 4) is 0 Å². The van der Waals surface area contributed by atoms with Crippen LogP contribution in [-0.2, 0) is 14.8 Å². The highest BCUT2D eigenvalue weighted by Gasteiger charge is 2.18. The molecule has 7 nitrogen and oxygen atoms in total. The van der Waals surface area contributed by atoms with Gasteiger partial charge < -0.3 is 10.2 Å². The van der Waals surface area contributed by atoms with E-state index in [1.165, 1.54) is 55.3 Å². The summed E-state index contributed by atoms with van der Waals surface area (Å²) in [6.45, 7) is 1.28. The van der Waals surface area contributed by atoms with Gasteiger partial charge in [-0.05, 0) is 73.2 Å². The smallest absolute Gasteiger partial charge is 0.261 e. The van der Waals surface area contributed by atoms with E-state index in [9.17, 15) is 22.4 Å². The highest BCUT2D eigenvalue weighted by atomic mass is 35.5. The Labute approximate surface area is 196 Å². The van der Waals surface area contributed by atoms with Gasteiger partial charge in [0.05, 0.1) is 11.4 Å². The lowest BCUT2D eigenvalue weighted by molar-refractivity contribution is -0.116. The summed E-state index contributed by atoms with van der Waals surface area (Å²) in [4.78, 5) is 26.0. The van der Waals surface area contributed by atoms with Crippen molar-refractivity contribution >= 4 is 44.8 Å². The molecule has 0 unspecified atom stereocenters. The Morgan fingerprint density at radius 2 is 1.70 bits per heavy atom. The Hall–Kier alpha value is -3.43. The third-order valence-electron chi connectivity index (χ3n) is 4.66. The summed E-state index contributed by atoms with van der Waals surface area (Å²) >= 11 is 5.89. The van der Waals surface area contributed by atoms with Crippen LogP contribution in [0.1, 0.15) is 15.9 Å². The highest BCUT2D eigenvalue weighted by molar-refractivity contribution is 7.92. The molecule has 0 bridgehead atoms. The van der Waals surface area contributed by atoms with Crippen LogP contribution in [0.15, 0.2) is 71.6 Å². The Kier molecular flexibility index (Phi) is 7.35. The second-order valence-corrected chi connectivity index (χ2v) is 9.43. The summed E-state index contributed by atoms with van der Waals surface area (Å²) in [6.07, 6.45) is 0. The Balaban J connectivity index is 1.63. The molecule has 0 atom stereocenters. The lowest BCUT2D eigenvalue weighted by atomic mass is 10.2. The van der Waals surface area contributed by atoms with Crippen molar-refractivity contribution in [1.29, 1.82) is 0 Å². The fourth-order valence-electron chi connectivity index (χ4n) is 2.95. The molecule has 0 saturated carbocycles. The molecule has 3 aromatic rings. The van der Waals surface area contributed by atoms with E-state index < -0.39 is 27.7 Å². The molecule has 0 aliphatic rings. The summed E-state index contributed by atoms with van der Waals surface area (Å²) in [5.74, 6) is -1.31. The molecule has 172 valence electrons. The first-order valence-electron chi connectivity index (χ1n) is 9.75. The quantitative estimate of drug-likeness (QED) is 0.517. The monoisotopic (exact) mass is 489 g/mol. The predicted octanol–water partition coefficient (Wildman–Crippen LogP) is 4.30. The van der Waals surface area contributed by atoms with Crippen molar-refractivity contribution in [2.75, 3.05) is 23.6 Å². The lowest BCUT2D eigenvalue weighted by Crippen LogP contribution is -2.34. The van der Waals surface area contributed by atoms with Gasteiger partial charge in [-0.2, -0.15) is 0 Å². The average molecular weight is 490 g/mol. The summed E-state index contributed by atoms with van der Waals surface area (Å²) < 4.78 is 40.9. The number of amides is 2.